The van der Waals surface area contributed by atoms with Crippen LogP contribution < -0.4 is 10.4 Å². The molecule has 0 amide bonds. The van der Waals surface area contributed by atoms with Gasteiger partial charge in [0, 0.05) is 23.3 Å². The van der Waals surface area contributed by atoms with Crippen molar-refractivity contribution in [3.63, 3.8) is 0 Å². The Hall–Kier alpha value is -3.01. The fourth-order valence-corrected chi connectivity index (χ4v) is 4.22. The van der Waals surface area contributed by atoms with E-state index < -0.39 is 29.4 Å². The molecule has 0 spiro atoms. The van der Waals surface area contributed by atoms with E-state index in [9.17, 15) is 19.2 Å². The summed E-state index contributed by atoms with van der Waals surface area (Å²) in [6.07, 6.45) is -2.85. The van der Waals surface area contributed by atoms with Gasteiger partial charge in [0.25, 0.3) is 19.4 Å². The Morgan fingerprint density at radius 3 is 2.46 bits per heavy atom. The summed E-state index contributed by atoms with van der Waals surface area (Å²) in [5, 5.41) is 0.755. The lowest BCUT2D eigenvalue weighted by atomic mass is 10.1. The van der Waals surface area contributed by atoms with E-state index in [1.807, 2.05) is 0 Å². The van der Waals surface area contributed by atoms with Crippen molar-refractivity contribution in [2.75, 3.05) is 5.75 Å². The molecular formula is C18H16O9S. The molecule has 2 heterocycles. The van der Waals surface area contributed by atoms with E-state index in [-0.39, 0.29) is 25.2 Å². The fraction of sp³-hybridized carbons (Fsp3) is 0.333. The van der Waals surface area contributed by atoms with Crippen LogP contribution in [0.4, 0.5) is 0 Å². The minimum absolute atomic E-state index is 0.188. The van der Waals surface area contributed by atoms with Crippen LogP contribution in [0.2, 0.25) is 0 Å². The molecule has 3 rings (SSSR count). The first-order chi connectivity index (χ1) is 13.6. The van der Waals surface area contributed by atoms with Crippen molar-refractivity contribution < 1.29 is 37.7 Å². The molecule has 10 heteroatoms. The number of thioether (sulfide) groups is 1. The molecule has 2 aromatic rings. The van der Waals surface area contributed by atoms with Gasteiger partial charge in [0.1, 0.15) is 11.3 Å². The maximum atomic E-state index is 11.6. The van der Waals surface area contributed by atoms with E-state index in [2.05, 4.69) is 0 Å². The monoisotopic (exact) mass is 408 g/mol. The van der Waals surface area contributed by atoms with Gasteiger partial charge in [-0.05, 0) is 24.6 Å². The third kappa shape index (κ3) is 4.11. The predicted molar refractivity (Wildman–Crippen MR) is 96.9 cm³/mol. The van der Waals surface area contributed by atoms with Crippen LogP contribution in [-0.4, -0.2) is 48.9 Å². The first-order valence-corrected chi connectivity index (χ1v) is 9.22. The van der Waals surface area contributed by atoms with E-state index >= 15 is 0 Å². The number of hydrogen-bond donors (Lipinski definition) is 0. The lowest BCUT2D eigenvalue weighted by Gasteiger charge is -2.38. The smallest absolute Gasteiger partial charge is 0.336 e. The van der Waals surface area contributed by atoms with Crippen LogP contribution in [0.3, 0.4) is 0 Å². The summed E-state index contributed by atoms with van der Waals surface area (Å²) in [6, 6.07) is 6.36. The second kappa shape index (κ2) is 8.79. The molecule has 0 bridgehead atoms. The van der Waals surface area contributed by atoms with Gasteiger partial charge < -0.3 is 23.4 Å². The van der Waals surface area contributed by atoms with E-state index in [4.69, 9.17) is 23.4 Å². The van der Waals surface area contributed by atoms with E-state index in [0.717, 1.165) is 10.9 Å². The summed E-state index contributed by atoms with van der Waals surface area (Å²) in [6.45, 7) is 2.42. The quantitative estimate of drug-likeness (QED) is 0.358. The zero-order chi connectivity index (χ0) is 20.1. The highest BCUT2D eigenvalue weighted by Gasteiger charge is 2.46. The predicted octanol–water partition coefficient (Wildman–Crippen LogP) is 1.18. The number of benzene rings is 1. The number of aryl methyl sites for hydroxylation is 1. The highest BCUT2D eigenvalue weighted by molar-refractivity contribution is 7.99. The molecule has 1 aliphatic heterocycles. The molecule has 4 atom stereocenters. The molecule has 9 nitrogen and oxygen atoms in total. The molecule has 0 unspecified atom stereocenters. The van der Waals surface area contributed by atoms with Crippen LogP contribution in [0.5, 0.6) is 5.75 Å². The standard InChI is InChI=1S/C18H16O9S/c1-10-4-15(22)27-13-5-11(2-3-12(10)13)26-18-17(25-9-21)16(24-8-20)14(6-28-18)23-7-19/h2-5,7-9,14,16-18H,6H2,1H3/t14-,16+,17-,18+/m1/s1. The molecule has 1 aromatic carbocycles. The van der Waals surface area contributed by atoms with Crippen LogP contribution in [0, 0.1) is 6.92 Å². The fourth-order valence-electron chi connectivity index (χ4n) is 2.98. The molecule has 1 saturated heterocycles. The van der Waals surface area contributed by atoms with Gasteiger partial charge in [-0.3, -0.25) is 14.4 Å². The molecule has 148 valence electrons. The Bertz CT molecular complexity index is 925. The van der Waals surface area contributed by atoms with Gasteiger partial charge in [-0.15, -0.1) is 11.8 Å². The molecule has 1 aliphatic rings. The Morgan fingerprint density at radius 2 is 1.75 bits per heavy atom. The molecule has 0 N–H and O–H groups in total. The first kappa shape index (κ1) is 19.7. The van der Waals surface area contributed by atoms with Crippen molar-refractivity contribution in [3.8, 4) is 5.75 Å². The molecule has 0 radical (unpaired) electrons. The number of fused-ring (bicyclic) bond motifs is 1. The molecule has 1 aromatic heterocycles. The zero-order valence-electron chi connectivity index (χ0n) is 14.6. The summed E-state index contributed by atoms with van der Waals surface area (Å²) in [5.74, 6) is 0.612. The van der Waals surface area contributed by atoms with Gasteiger partial charge in [-0.25, -0.2) is 4.79 Å². The van der Waals surface area contributed by atoms with Crippen LogP contribution >= 0.6 is 11.8 Å². The minimum Gasteiger partial charge on any atom is -0.476 e. The van der Waals surface area contributed by atoms with Crippen molar-refractivity contribution in [1.29, 1.82) is 0 Å². The summed E-state index contributed by atoms with van der Waals surface area (Å²) in [7, 11) is 0. The summed E-state index contributed by atoms with van der Waals surface area (Å²) >= 11 is 1.22. The highest BCUT2D eigenvalue weighted by atomic mass is 32.2. The average molecular weight is 408 g/mol. The molecule has 0 saturated carbocycles. The normalized spacial score (nSPS) is 24.2. The Balaban J connectivity index is 1.88. The van der Waals surface area contributed by atoms with Gasteiger partial charge in [0.2, 0.25) is 0 Å². The molecular weight excluding hydrogens is 392 g/mol. The van der Waals surface area contributed by atoms with Gasteiger partial charge in [-0.2, -0.15) is 0 Å². The average Bonchev–Trinajstić information content (AvgIpc) is 2.66. The minimum atomic E-state index is -1.03. The van der Waals surface area contributed by atoms with Gasteiger partial charge in [0.15, 0.2) is 23.7 Å². The molecule has 1 fully saturated rings. The van der Waals surface area contributed by atoms with Crippen molar-refractivity contribution in [1.82, 2.24) is 0 Å². The van der Waals surface area contributed by atoms with Crippen molar-refractivity contribution in [2.24, 2.45) is 0 Å². The lowest BCUT2D eigenvalue weighted by Crippen LogP contribution is -2.54. The third-order valence-corrected chi connectivity index (χ3v) is 5.43. The second-order valence-electron chi connectivity index (χ2n) is 5.89. The van der Waals surface area contributed by atoms with Crippen LogP contribution in [0.15, 0.2) is 33.5 Å². The third-order valence-electron chi connectivity index (χ3n) is 4.21. The zero-order valence-corrected chi connectivity index (χ0v) is 15.5. The summed E-state index contributed by atoms with van der Waals surface area (Å²) < 4.78 is 26.0. The number of hydrogen-bond acceptors (Lipinski definition) is 10. The number of ether oxygens (including phenoxy) is 4. The van der Waals surface area contributed by atoms with Crippen molar-refractivity contribution in [3.05, 3.63) is 40.2 Å². The molecule has 0 aliphatic carbocycles. The SMILES string of the molecule is Cc1cc(=O)oc2cc(O[C@H]3SC[C@@H](OC=O)[C@H](OC=O)[C@H]3OC=O)ccc12. The lowest BCUT2D eigenvalue weighted by molar-refractivity contribution is -0.171. The van der Waals surface area contributed by atoms with E-state index in [1.54, 1.807) is 25.1 Å². The van der Waals surface area contributed by atoms with E-state index in [0.29, 0.717) is 11.3 Å². The van der Waals surface area contributed by atoms with Crippen molar-refractivity contribution >= 4 is 42.1 Å². The van der Waals surface area contributed by atoms with E-state index in [1.165, 1.54) is 17.8 Å². The first-order valence-electron chi connectivity index (χ1n) is 8.17. The maximum absolute atomic E-state index is 11.6. The largest absolute Gasteiger partial charge is 0.476 e. The maximum Gasteiger partial charge on any atom is 0.336 e. The number of carbonyl (C=O) groups excluding carboxylic acids is 3. The van der Waals surface area contributed by atoms with Gasteiger partial charge in [-0.1, -0.05) is 0 Å². The Morgan fingerprint density at radius 1 is 1.04 bits per heavy atom. The summed E-state index contributed by atoms with van der Waals surface area (Å²) in [4.78, 5) is 44.1. The number of rotatable bonds is 8. The van der Waals surface area contributed by atoms with Crippen LogP contribution in [-0.2, 0) is 28.6 Å². The Kier molecular flexibility index (Phi) is 6.19. The van der Waals surface area contributed by atoms with Crippen LogP contribution in [0.1, 0.15) is 5.56 Å². The van der Waals surface area contributed by atoms with Gasteiger partial charge >= 0.3 is 5.63 Å². The van der Waals surface area contributed by atoms with Crippen LogP contribution in [0.25, 0.3) is 11.0 Å². The number of carbonyl (C=O) groups is 3. The molecule has 28 heavy (non-hydrogen) atoms. The Labute approximate surface area is 162 Å². The topological polar surface area (TPSA) is 118 Å². The second-order valence-corrected chi connectivity index (χ2v) is 7.02. The summed E-state index contributed by atoms with van der Waals surface area (Å²) in [5.41, 5.74) is -0.125. The highest BCUT2D eigenvalue weighted by Crippen LogP contribution is 2.34. The van der Waals surface area contributed by atoms with Gasteiger partial charge in [0.05, 0.1) is 0 Å². The van der Waals surface area contributed by atoms with Crippen molar-refractivity contribution in [2.45, 2.75) is 30.7 Å².